The second-order valence-corrected chi connectivity index (χ2v) is 6.53. The molecule has 0 atom stereocenters. The fourth-order valence-corrected chi connectivity index (χ4v) is 2.67. The number of carbonyl (C=O) groups excluding carboxylic acids is 1. The third-order valence-corrected chi connectivity index (χ3v) is 4.12. The topological polar surface area (TPSA) is 101 Å². The number of hydrogen-bond donors (Lipinski definition) is 1. The molecule has 0 bridgehead atoms. The molecule has 0 fully saturated rings. The Hall–Kier alpha value is -3.92. The molecule has 0 aliphatic heterocycles. The SMILES string of the molecule is Cc1ccc(NC(=O)/C(C#N)=C/c2ccc(OCc3noc(C)n3)cc2)c(C)c1. The Labute approximate surface area is 168 Å². The van der Waals surface area contributed by atoms with E-state index in [1.54, 1.807) is 31.2 Å². The highest BCUT2D eigenvalue weighted by molar-refractivity contribution is 6.09. The van der Waals surface area contributed by atoms with E-state index in [-0.39, 0.29) is 12.2 Å². The lowest BCUT2D eigenvalue weighted by molar-refractivity contribution is -0.112. The summed E-state index contributed by atoms with van der Waals surface area (Å²) in [6.07, 6.45) is 1.53. The molecule has 2 aromatic carbocycles. The maximum Gasteiger partial charge on any atom is 0.266 e. The highest BCUT2D eigenvalue weighted by Gasteiger charge is 2.11. The largest absolute Gasteiger partial charge is 0.485 e. The summed E-state index contributed by atoms with van der Waals surface area (Å²) in [5.74, 6) is 1.10. The van der Waals surface area contributed by atoms with Crippen LogP contribution in [-0.4, -0.2) is 16.0 Å². The van der Waals surface area contributed by atoms with Gasteiger partial charge in [-0.05, 0) is 49.2 Å². The third-order valence-electron chi connectivity index (χ3n) is 4.12. The fourth-order valence-electron chi connectivity index (χ4n) is 2.67. The van der Waals surface area contributed by atoms with E-state index < -0.39 is 5.91 Å². The Bertz CT molecular complexity index is 1090. The molecule has 1 amide bonds. The van der Waals surface area contributed by atoms with Crippen LogP contribution < -0.4 is 10.1 Å². The van der Waals surface area contributed by atoms with Gasteiger partial charge in [-0.1, -0.05) is 35.0 Å². The number of nitrogens with one attached hydrogen (secondary N) is 1. The molecule has 3 rings (SSSR count). The van der Waals surface area contributed by atoms with Gasteiger partial charge in [0.25, 0.3) is 5.91 Å². The van der Waals surface area contributed by atoms with Gasteiger partial charge in [0.15, 0.2) is 6.61 Å². The lowest BCUT2D eigenvalue weighted by Crippen LogP contribution is -2.14. The molecule has 0 aliphatic rings. The van der Waals surface area contributed by atoms with Crippen molar-refractivity contribution in [1.29, 1.82) is 5.26 Å². The Morgan fingerprint density at radius 1 is 1.21 bits per heavy atom. The van der Waals surface area contributed by atoms with Crippen LogP contribution in [0.1, 0.15) is 28.4 Å². The number of aromatic nitrogens is 2. The van der Waals surface area contributed by atoms with Crippen LogP contribution in [0.4, 0.5) is 5.69 Å². The summed E-state index contributed by atoms with van der Waals surface area (Å²) < 4.78 is 10.5. The van der Waals surface area contributed by atoms with E-state index >= 15 is 0 Å². The van der Waals surface area contributed by atoms with E-state index in [2.05, 4.69) is 15.5 Å². The van der Waals surface area contributed by atoms with Crippen molar-refractivity contribution in [1.82, 2.24) is 10.1 Å². The van der Waals surface area contributed by atoms with Gasteiger partial charge in [0.05, 0.1) is 0 Å². The van der Waals surface area contributed by atoms with Crippen molar-refractivity contribution in [3.8, 4) is 11.8 Å². The molecule has 0 spiro atoms. The standard InChI is InChI=1S/C22H20N4O3/c1-14-4-9-20(15(2)10-14)25-22(27)18(12-23)11-17-5-7-19(8-6-17)28-13-21-24-16(3)29-26-21/h4-11H,13H2,1-3H3,(H,25,27)/b18-11+. The summed E-state index contributed by atoms with van der Waals surface area (Å²) in [5.41, 5.74) is 3.45. The number of carbonyl (C=O) groups is 1. The predicted octanol–water partition coefficient (Wildman–Crippen LogP) is 4.12. The molecular weight excluding hydrogens is 368 g/mol. The number of amides is 1. The molecule has 1 heterocycles. The molecule has 0 radical (unpaired) electrons. The van der Waals surface area contributed by atoms with Gasteiger partial charge < -0.3 is 14.6 Å². The second-order valence-electron chi connectivity index (χ2n) is 6.53. The number of ether oxygens (including phenoxy) is 1. The quantitative estimate of drug-likeness (QED) is 0.503. The van der Waals surface area contributed by atoms with Gasteiger partial charge in [-0.25, -0.2) is 0 Å². The Morgan fingerprint density at radius 3 is 2.59 bits per heavy atom. The summed E-state index contributed by atoms with van der Waals surface area (Å²) in [4.78, 5) is 16.5. The molecule has 146 valence electrons. The second kappa shape index (κ2) is 8.85. The fraction of sp³-hybridized carbons (Fsp3) is 0.182. The molecule has 0 aliphatic carbocycles. The van der Waals surface area contributed by atoms with E-state index in [0.717, 1.165) is 11.1 Å². The van der Waals surface area contributed by atoms with Crippen LogP contribution in [0.15, 0.2) is 52.6 Å². The Kier molecular flexibility index (Phi) is 6.05. The van der Waals surface area contributed by atoms with Gasteiger partial charge >= 0.3 is 0 Å². The molecule has 0 saturated heterocycles. The zero-order valence-electron chi connectivity index (χ0n) is 16.4. The molecule has 0 saturated carbocycles. The van der Waals surface area contributed by atoms with E-state index in [4.69, 9.17) is 9.26 Å². The first-order chi connectivity index (χ1) is 13.9. The van der Waals surface area contributed by atoms with Crippen LogP contribution in [-0.2, 0) is 11.4 Å². The first kappa shape index (κ1) is 19.8. The average Bonchev–Trinajstić information content (AvgIpc) is 3.12. The molecule has 0 unspecified atom stereocenters. The minimum atomic E-state index is -0.452. The van der Waals surface area contributed by atoms with Gasteiger partial charge in [0, 0.05) is 12.6 Å². The lowest BCUT2D eigenvalue weighted by Gasteiger charge is -2.08. The molecular formula is C22H20N4O3. The van der Waals surface area contributed by atoms with Crippen molar-refractivity contribution < 1.29 is 14.1 Å². The van der Waals surface area contributed by atoms with E-state index in [9.17, 15) is 10.1 Å². The molecule has 29 heavy (non-hydrogen) atoms. The first-order valence-corrected chi connectivity index (χ1v) is 8.97. The summed E-state index contributed by atoms with van der Waals surface area (Å²) in [6.45, 7) is 5.79. The van der Waals surface area contributed by atoms with E-state index in [1.165, 1.54) is 6.08 Å². The van der Waals surface area contributed by atoms with Crippen LogP contribution >= 0.6 is 0 Å². The number of hydrogen-bond acceptors (Lipinski definition) is 6. The average molecular weight is 388 g/mol. The Balaban J connectivity index is 1.66. The van der Waals surface area contributed by atoms with Crippen LogP contribution in [0, 0.1) is 32.1 Å². The van der Waals surface area contributed by atoms with Gasteiger partial charge in [-0.3, -0.25) is 4.79 Å². The monoisotopic (exact) mass is 388 g/mol. The smallest absolute Gasteiger partial charge is 0.266 e. The summed E-state index contributed by atoms with van der Waals surface area (Å²) >= 11 is 0. The van der Waals surface area contributed by atoms with Crippen molar-refractivity contribution >= 4 is 17.7 Å². The van der Waals surface area contributed by atoms with Crippen LogP contribution in [0.3, 0.4) is 0 Å². The van der Waals surface area contributed by atoms with Gasteiger partial charge in [-0.15, -0.1) is 0 Å². The normalized spacial score (nSPS) is 11.0. The number of nitrogens with zero attached hydrogens (tertiary/aromatic N) is 3. The minimum absolute atomic E-state index is 0.0147. The maximum absolute atomic E-state index is 12.5. The van der Waals surface area contributed by atoms with Crippen molar-refractivity contribution in [2.75, 3.05) is 5.32 Å². The van der Waals surface area contributed by atoms with Gasteiger partial charge in [-0.2, -0.15) is 10.2 Å². The van der Waals surface area contributed by atoms with E-state index in [0.29, 0.717) is 28.7 Å². The van der Waals surface area contributed by atoms with Gasteiger partial charge in [0.2, 0.25) is 11.7 Å². The number of anilines is 1. The minimum Gasteiger partial charge on any atom is -0.485 e. The predicted molar refractivity (Wildman–Crippen MR) is 108 cm³/mol. The zero-order valence-corrected chi connectivity index (χ0v) is 16.4. The summed E-state index contributed by atoms with van der Waals surface area (Å²) in [7, 11) is 0. The van der Waals surface area contributed by atoms with Crippen molar-refractivity contribution in [2.24, 2.45) is 0 Å². The third kappa shape index (κ3) is 5.30. The molecule has 1 aromatic heterocycles. The van der Waals surface area contributed by atoms with Crippen LogP contribution in [0.25, 0.3) is 6.08 Å². The number of benzene rings is 2. The highest BCUT2D eigenvalue weighted by Crippen LogP contribution is 2.19. The number of rotatable bonds is 6. The van der Waals surface area contributed by atoms with Crippen molar-refractivity contribution in [2.45, 2.75) is 27.4 Å². The summed E-state index contributed by atoms with van der Waals surface area (Å²) in [6, 6.07) is 14.7. The molecule has 7 heteroatoms. The number of aryl methyl sites for hydroxylation is 3. The van der Waals surface area contributed by atoms with Gasteiger partial charge in [0.1, 0.15) is 17.4 Å². The van der Waals surface area contributed by atoms with E-state index in [1.807, 2.05) is 38.1 Å². The summed E-state index contributed by atoms with van der Waals surface area (Å²) in [5, 5.41) is 15.9. The Morgan fingerprint density at radius 2 is 1.97 bits per heavy atom. The number of nitriles is 1. The van der Waals surface area contributed by atoms with Crippen LogP contribution in [0.5, 0.6) is 5.75 Å². The van der Waals surface area contributed by atoms with Crippen LogP contribution in [0.2, 0.25) is 0 Å². The lowest BCUT2D eigenvalue weighted by atomic mass is 10.1. The molecule has 1 N–H and O–H groups in total. The molecule has 3 aromatic rings. The van der Waals surface area contributed by atoms with Crippen molar-refractivity contribution in [3.63, 3.8) is 0 Å². The highest BCUT2D eigenvalue weighted by atomic mass is 16.5. The first-order valence-electron chi connectivity index (χ1n) is 8.97. The maximum atomic E-state index is 12.5. The molecule has 7 nitrogen and oxygen atoms in total. The van der Waals surface area contributed by atoms with Crippen molar-refractivity contribution in [3.05, 3.63) is 76.4 Å². The zero-order chi connectivity index (χ0) is 20.8.